The first-order valence-electron chi connectivity index (χ1n) is 8.20. The molecule has 0 spiro atoms. The minimum Gasteiger partial charge on any atom is -0.486 e. The second-order valence-corrected chi connectivity index (χ2v) is 7.76. The molecule has 0 saturated carbocycles. The van der Waals surface area contributed by atoms with Crippen LogP contribution in [0.4, 0.5) is 5.13 Å². The molecule has 0 aliphatic rings. The van der Waals surface area contributed by atoms with Crippen molar-refractivity contribution in [2.24, 2.45) is 0 Å². The van der Waals surface area contributed by atoms with Gasteiger partial charge in [-0.15, -0.1) is 21.5 Å². The average Bonchev–Trinajstić information content (AvgIpc) is 3.30. The Morgan fingerprint density at radius 3 is 2.96 bits per heavy atom. The molecular weight excluding hydrogens is 406 g/mol. The van der Waals surface area contributed by atoms with Gasteiger partial charge in [-0.25, -0.2) is 4.98 Å². The van der Waals surface area contributed by atoms with Gasteiger partial charge in [-0.1, -0.05) is 23.4 Å². The molecule has 0 radical (unpaired) electrons. The van der Waals surface area contributed by atoms with Crippen LogP contribution >= 0.6 is 34.7 Å². The minimum absolute atomic E-state index is 0.130. The van der Waals surface area contributed by atoms with Gasteiger partial charge >= 0.3 is 0 Å². The largest absolute Gasteiger partial charge is 0.486 e. The molecule has 3 aromatic rings. The molecule has 1 N–H and O–H groups in total. The van der Waals surface area contributed by atoms with Crippen molar-refractivity contribution >= 4 is 45.7 Å². The van der Waals surface area contributed by atoms with Gasteiger partial charge in [-0.3, -0.25) is 4.79 Å². The van der Waals surface area contributed by atoms with E-state index in [4.69, 9.17) is 16.3 Å². The number of ether oxygens (including phenoxy) is 1. The number of hydrogen-bond donors (Lipinski definition) is 1. The molecule has 142 valence electrons. The lowest BCUT2D eigenvalue weighted by Gasteiger charge is -2.09. The maximum absolute atomic E-state index is 12.0. The molecule has 7 nitrogen and oxygen atoms in total. The maximum Gasteiger partial charge on any atom is 0.236 e. The molecule has 0 bridgehead atoms. The number of carbonyl (C=O) groups is 1. The number of aryl methyl sites for hydroxylation is 1. The SMILES string of the molecule is CCn1c(COc2ccc(Cl)c(C)c2)nnc1SCC(=O)Nc1nccs1. The van der Waals surface area contributed by atoms with Gasteiger partial charge in [0.1, 0.15) is 12.4 Å². The number of anilines is 1. The van der Waals surface area contributed by atoms with Crippen LogP contribution in [0.1, 0.15) is 18.3 Å². The van der Waals surface area contributed by atoms with Crippen molar-refractivity contribution in [3.8, 4) is 5.75 Å². The van der Waals surface area contributed by atoms with Crippen molar-refractivity contribution in [3.05, 3.63) is 46.2 Å². The van der Waals surface area contributed by atoms with Gasteiger partial charge in [0.05, 0.1) is 5.75 Å². The minimum atomic E-state index is -0.130. The monoisotopic (exact) mass is 423 g/mol. The van der Waals surface area contributed by atoms with Crippen molar-refractivity contribution in [2.75, 3.05) is 11.1 Å². The lowest BCUT2D eigenvalue weighted by atomic mass is 10.2. The Morgan fingerprint density at radius 2 is 2.26 bits per heavy atom. The summed E-state index contributed by atoms with van der Waals surface area (Å²) < 4.78 is 7.74. The second kappa shape index (κ2) is 9.20. The number of hydrogen-bond acceptors (Lipinski definition) is 7. The molecule has 1 aromatic carbocycles. The molecule has 0 aliphatic heterocycles. The number of nitrogens with zero attached hydrogens (tertiary/aromatic N) is 4. The Labute approximate surface area is 170 Å². The molecule has 10 heteroatoms. The normalized spacial score (nSPS) is 10.8. The van der Waals surface area contributed by atoms with Crippen LogP contribution in [0.25, 0.3) is 0 Å². The van der Waals surface area contributed by atoms with Crippen LogP contribution in [0.5, 0.6) is 5.75 Å². The fourth-order valence-electron chi connectivity index (χ4n) is 2.28. The van der Waals surface area contributed by atoms with E-state index in [2.05, 4.69) is 20.5 Å². The fourth-order valence-corrected chi connectivity index (χ4v) is 3.76. The van der Waals surface area contributed by atoms with Gasteiger partial charge in [-0.05, 0) is 37.6 Å². The molecule has 3 rings (SSSR count). The van der Waals surface area contributed by atoms with E-state index in [1.54, 1.807) is 12.3 Å². The summed E-state index contributed by atoms with van der Waals surface area (Å²) in [6, 6.07) is 5.51. The number of thioether (sulfide) groups is 1. The zero-order chi connectivity index (χ0) is 19.2. The zero-order valence-corrected chi connectivity index (χ0v) is 17.2. The van der Waals surface area contributed by atoms with Crippen LogP contribution in [0.3, 0.4) is 0 Å². The highest BCUT2D eigenvalue weighted by atomic mass is 35.5. The van der Waals surface area contributed by atoms with E-state index < -0.39 is 0 Å². The van der Waals surface area contributed by atoms with Crippen molar-refractivity contribution < 1.29 is 9.53 Å². The average molecular weight is 424 g/mol. The lowest BCUT2D eigenvalue weighted by Crippen LogP contribution is -2.14. The number of halogens is 1. The number of nitrogens with one attached hydrogen (secondary N) is 1. The van der Waals surface area contributed by atoms with Crippen LogP contribution in [0.2, 0.25) is 5.02 Å². The Morgan fingerprint density at radius 1 is 1.41 bits per heavy atom. The Bertz CT molecular complexity index is 914. The van der Waals surface area contributed by atoms with Gasteiger partial charge in [0.25, 0.3) is 0 Å². The third-order valence-electron chi connectivity index (χ3n) is 3.62. The summed E-state index contributed by atoms with van der Waals surface area (Å²) in [5.41, 5.74) is 0.952. The number of amides is 1. The molecule has 0 saturated heterocycles. The summed E-state index contributed by atoms with van der Waals surface area (Å²) in [6.07, 6.45) is 1.65. The Kier molecular flexibility index (Phi) is 6.70. The molecule has 0 fully saturated rings. The first-order chi connectivity index (χ1) is 13.1. The number of rotatable bonds is 8. The van der Waals surface area contributed by atoms with Crippen molar-refractivity contribution in [1.29, 1.82) is 0 Å². The topological polar surface area (TPSA) is 81.9 Å². The molecule has 0 atom stereocenters. The molecule has 0 aliphatic carbocycles. The number of thiazole rings is 1. The van der Waals surface area contributed by atoms with Gasteiger partial charge in [0.2, 0.25) is 5.91 Å². The maximum atomic E-state index is 12.0. The number of aromatic nitrogens is 4. The Balaban J connectivity index is 1.58. The highest BCUT2D eigenvalue weighted by molar-refractivity contribution is 7.99. The summed E-state index contributed by atoms with van der Waals surface area (Å²) in [5, 5.41) is 14.9. The first-order valence-corrected chi connectivity index (χ1v) is 10.4. The van der Waals surface area contributed by atoms with E-state index in [1.165, 1.54) is 23.1 Å². The number of carbonyl (C=O) groups excluding carboxylic acids is 1. The third-order valence-corrected chi connectivity index (χ3v) is 5.70. The smallest absolute Gasteiger partial charge is 0.236 e. The van der Waals surface area contributed by atoms with Gasteiger partial charge < -0.3 is 14.6 Å². The van der Waals surface area contributed by atoms with Crippen LogP contribution in [-0.4, -0.2) is 31.4 Å². The number of benzene rings is 1. The van der Waals surface area contributed by atoms with Crippen molar-refractivity contribution in [1.82, 2.24) is 19.7 Å². The van der Waals surface area contributed by atoms with Crippen LogP contribution in [0.15, 0.2) is 34.9 Å². The highest BCUT2D eigenvalue weighted by Gasteiger charge is 2.14. The molecule has 0 unspecified atom stereocenters. The van der Waals surface area contributed by atoms with Crippen LogP contribution in [-0.2, 0) is 17.9 Å². The van der Waals surface area contributed by atoms with Gasteiger partial charge in [0.15, 0.2) is 16.1 Å². The van der Waals surface area contributed by atoms with E-state index in [0.29, 0.717) is 27.7 Å². The molecule has 1 amide bonds. The van der Waals surface area contributed by atoms with E-state index in [0.717, 1.165) is 11.3 Å². The van der Waals surface area contributed by atoms with E-state index in [9.17, 15) is 4.79 Å². The summed E-state index contributed by atoms with van der Waals surface area (Å²) in [6.45, 7) is 4.89. The van der Waals surface area contributed by atoms with Gasteiger partial charge in [0, 0.05) is 23.1 Å². The van der Waals surface area contributed by atoms with Crippen LogP contribution in [0, 0.1) is 6.92 Å². The van der Waals surface area contributed by atoms with E-state index in [1.807, 2.05) is 35.9 Å². The van der Waals surface area contributed by atoms with E-state index >= 15 is 0 Å². The Hall–Kier alpha value is -2.10. The third kappa shape index (κ3) is 5.21. The van der Waals surface area contributed by atoms with E-state index in [-0.39, 0.29) is 18.3 Å². The summed E-state index contributed by atoms with van der Waals surface area (Å²) in [5.74, 6) is 1.53. The second-order valence-electron chi connectivity index (χ2n) is 5.52. The summed E-state index contributed by atoms with van der Waals surface area (Å²) in [7, 11) is 0. The van der Waals surface area contributed by atoms with Gasteiger partial charge in [-0.2, -0.15) is 0 Å². The quantitative estimate of drug-likeness (QED) is 0.551. The first kappa shape index (κ1) is 19.7. The van der Waals surface area contributed by atoms with Crippen molar-refractivity contribution in [3.63, 3.8) is 0 Å². The standard InChI is InChI=1S/C17H18ClN5O2S2/c1-3-23-14(9-25-12-4-5-13(18)11(2)8-12)21-22-17(23)27-10-15(24)20-16-19-6-7-26-16/h4-8H,3,9-10H2,1-2H3,(H,19,20,24). The summed E-state index contributed by atoms with van der Waals surface area (Å²) >= 11 is 8.74. The predicted molar refractivity (Wildman–Crippen MR) is 108 cm³/mol. The van der Waals surface area contributed by atoms with Crippen molar-refractivity contribution in [2.45, 2.75) is 32.2 Å². The molecule has 2 aromatic heterocycles. The molecule has 27 heavy (non-hydrogen) atoms. The highest BCUT2D eigenvalue weighted by Crippen LogP contribution is 2.23. The van der Waals surface area contributed by atoms with Crippen LogP contribution < -0.4 is 10.1 Å². The lowest BCUT2D eigenvalue weighted by molar-refractivity contribution is -0.113. The molecular formula is C17H18ClN5O2S2. The predicted octanol–water partition coefficient (Wildman–Crippen LogP) is 4.03. The fraction of sp³-hybridized carbons (Fsp3) is 0.294. The molecule has 2 heterocycles. The summed E-state index contributed by atoms with van der Waals surface area (Å²) in [4.78, 5) is 16.0. The zero-order valence-electron chi connectivity index (χ0n) is 14.8.